The van der Waals surface area contributed by atoms with Crippen LogP contribution < -0.4 is 4.90 Å². The van der Waals surface area contributed by atoms with Gasteiger partial charge in [-0.1, -0.05) is 17.4 Å². The predicted molar refractivity (Wildman–Crippen MR) is 139 cm³/mol. The fourth-order valence-corrected chi connectivity index (χ4v) is 8.28. The van der Waals surface area contributed by atoms with Crippen LogP contribution in [-0.2, 0) is 21.4 Å². The molecule has 1 aliphatic rings. The van der Waals surface area contributed by atoms with E-state index in [0.717, 1.165) is 40.1 Å². The molecule has 1 unspecified atom stereocenters. The van der Waals surface area contributed by atoms with Gasteiger partial charge in [0.15, 0.2) is 10.9 Å². The summed E-state index contributed by atoms with van der Waals surface area (Å²) in [6, 6.07) is 7.12. The third-order valence-electron chi connectivity index (χ3n) is 6.36. The number of amides is 1. The molecule has 0 radical (unpaired) electrons. The molecule has 13 heteroatoms. The van der Waals surface area contributed by atoms with E-state index in [1.807, 2.05) is 19.9 Å². The van der Waals surface area contributed by atoms with Crippen LogP contribution in [0.5, 0.6) is 0 Å². The van der Waals surface area contributed by atoms with E-state index < -0.39 is 27.6 Å². The first-order valence-electron chi connectivity index (χ1n) is 11.7. The number of aryl methyl sites for hydroxylation is 2. The second kappa shape index (κ2) is 10.2. The molecule has 1 atom stereocenters. The summed E-state index contributed by atoms with van der Waals surface area (Å²) in [5.41, 5.74) is 1.76. The van der Waals surface area contributed by atoms with E-state index in [1.165, 1.54) is 15.3 Å². The third kappa shape index (κ3) is 5.17. The second-order valence-corrected chi connectivity index (χ2v) is 13.1. The summed E-state index contributed by atoms with van der Waals surface area (Å²) in [6.07, 6.45) is 1.05. The highest BCUT2D eigenvalue weighted by Crippen LogP contribution is 2.34. The van der Waals surface area contributed by atoms with Crippen LogP contribution in [0.1, 0.15) is 24.2 Å². The van der Waals surface area contributed by atoms with Gasteiger partial charge in [-0.05, 0) is 50.3 Å². The summed E-state index contributed by atoms with van der Waals surface area (Å²) in [6.45, 7) is 4.73. The van der Waals surface area contributed by atoms with Crippen LogP contribution in [0.15, 0.2) is 39.9 Å². The molecular weight excluding hydrogens is 540 g/mol. The number of anilines is 1. The number of hydrogen-bond donors (Lipinski definition) is 0. The van der Waals surface area contributed by atoms with Crippen LogP contribution in [0.25, 0.3) is 10.2 Å². The van der Waals surface area contributed by atoms with Crippen molar-refractivity contribution in [3.8, 4) is 0 Å². The Kier molecular flexibility index (Phi) is 7.14. The van der Waals surface area contributed by atoms with Gasteiger partial charge < -0.3 is 0 Å². The highest BCUT2D eigenvalue weighted by molar-refractivity contribution is 7.91. The fourth-order valence-electron chi connectivity index (χ4n) is 4.58. The standard InChI is InChI=1S/C24H25F2N5O3S3/c1-15-11-16(2)31(28-15)9-8-30(24-27-22-19(26)12-18(25)13-20(22)36-24)23(32)17-5-3-7-29(14-17)37(33,34)21-6-4-10-35-21/h4,6,10-13,17H,3,5,7-9,14H2,1-2H3. The van der Waals surface area contributed by atoms with E-state index >= 15 is 0 Å². The lowest BCUT2D eigenvalue weighted by Gasteiger charge is -2.33. The van der Waals surface area contributed by atoms with Crippen LogP contribution in [-0.4, -0.2) is 53.0 Å². The number of rotatable bonds is 7. The number of hydrogen-bond acceptors (Lipinski definition) is 7. The SMILES string of the molecule is Cc1cc(C)n(CCN(C(=O)C2CCCN(S(=O)(=O)c3cccs3)C2)c2nc3c(F)cc(F)cc3s2)n1. The van der Waals surface area contributed by atoms with Crippen molar-refractivity contribution >= 4 is 54.0 Å². The zero-order valence-electron chi connectivity index (χ0n) is 20.2. The van der Waals surface area contributed by atoms with Gasteiger partial charge in [-0.25, -0.2) is 22.2 Å². The number of benzene rings is 1. The summed E-state index contributed by atoms with van der Waals surface area (Å²) in [7, 11) is -3.70. The molecule has 196 valence electrons. The lowest BCUT2D eigenvalue weighted by atomic mass is 9.98. The minimum Gasteiger partial charge on any atom is -0.286 e. The van der Waals surface area contributed by atoms with Gasteiger partial charge in [-0.15, -0.1) is 11.3 Å². The van der Waals surface area contributed by atoms with Gasteiger partial charge in [0, 0.05) is 31.4 Å². The van der Waals surface area contributed by atoms with Gasteiger partial charge in [0.1, 0.15) is 15.5 Å². The van der Waals surface area contributed by atoms with Crippen molar-refractivity contribution in [1.29, 1.82) is 0 Å². The molecule has 8 nitrogen and oxygen atoms in total. The number of carbonyl (C=O) groups excluding carboxylic acids is 1. The molecule has 37 heavy (non-hydrogen) atoms. The number of aromatic nitrogens is 3. The first-order chi connectivity index (χ1) is 17.6. The Bertz CT molecular complexity index is 1550. The van der Waals surface area contributed by atoms with Crippen LogP contribution >= 0.6 is 22.7 Å². The molecule has 0 N–H and O–H groups in total. The van der Waals surface area contributed by atoms with Crippen molar-refractivity contribution in [2.45, 2.75) is 37.4 Å². The lowest BCUT2D eigenvalue weighted by Crippen LogP contribution is -2.47. The Morgan fingerprint density at radius 3 is 2.76 bits per heavy atom. The van der Waals surface area contributed by atoms with E-state index in [2.05, 4.69) is 10.1 Å². The molecule has 0 saturated carbocycles. The summed E-state index contributed by atoms with van der Waals surface area (Å²) in [4.78, 5) is 19.7. The molecule has 0 bridgehead atoms. The van der Waals surface area contributed by atoms with Crippen molar-refractivity contribution in [2.75, 3.05) is 24.5 Å². The van der Waals surface area contributed by atoms with Crippen LogP contribution in [0.2, 0.25) is 0 Å². The first-order valence-corrected chi connectivity index (χ1v) is 14.9. The molecule has 0 spiro atoms. The number of fused-ring (bicyclic) bond motifs is 1. The van der Waals surface area contributed by atoms with Crippen molar-refractivity contribution in [2.24, 2.45) is 5.92 Å². The zero-order valence-corrected chi connectivity index (χ0v) is 22.7. The monoisotopic (exact) mass is 565 g/mol. The van der Waals surface area contributed by atoms with Crippen molar-refractivity contribution in [3.63, 3.8) is 0 Å². The molecule has 1 amide bonds. The Morgan fingerprint density at radius 2 is 2.05 bits per heavy atom. The smallest absolute Gasteiger partial charge is 0.252 e. The first kappa shape index (κ1) is 25.9. The maximum atomic E-state index is 14.4. The zero-order chi connectivity index (χ0) is 26.3. The summed E-state index contributed by atoms with van der Waals surface area (Å²) in [5.74, 6) is -2.41. The van der Waals surface area contributed by atoms with Gasteiger partial charge >= 0.3 is 0 Å². The van der Waals surface area contributed by atoms with Crippen LogP contribution in [0.3, 0.4) is 0 Å². The fraction of sp³-hybridized carbons (Fsp3) is 0.375. The number of thiophene rings is 1. The normalized spacial score (nSPS) is 16.9. The molecule has 5 rings (SSSR count). The molecule has 3 aromatic heterocycles. The van der Waals surface area contributed by atoms with Gasteiger partial charge in [-0.2, -0.15) is 9.40 Å². The van der Waals surface area contributed by atoms with E-state index in [-0.39, 0.29) is 33.9 Å². The largest absolute Gasteiger partial charge is 0.286 e. The minimum atomic E-state index is -3.70. The van der Waals surface area contributed by atoms with E-state index in [9.17, 15) is 22.0 Å². The molecule has 1 fully saturated rings. The minimum absolute atomic E-state index is 0.00384. The van der Waals surface area contributed by atoms with E-state index in [1.54, 1.807) is 22.2 Å². The molecule has 1 saturated heterocycles. The molecular formula is C24H25F2N5O3S3. The average molecular weight is 566 g/mol. The topological polar surface area (TPSA) is 88.4 Å². The molecule has 1 aromatic carbocycles. The molecule has 4 heterocycles. The van der Waals surface area contributed by atoms with E-state index in [0.29, 0.717) is 30.6 Å². The van der Waals surface area contributed by atoms with Crippen molar-refractivity contribution in [1.82, 2.24) is 19.1 Å². The van der Waals surface area contributed by atoms with E-state index in [4.69, 9.17) is 0 Å². The Morgan fingerprint density at radius 1 is 1.24 bits per heavy atom. The maximum Gasteiger partial charge on any atom is 0.252 e. The van der Waals surface area contributed by atoms with Crippen molar-refractivity contribution < 1.29 is 22.0 Å². The lowest BCUT2D eigenvalue weighted by molar-refractivity contribution is -0.123. The Balaban J connectivity index is 1.45. The Labute approximate surface area is 221 Å². The summed E-state index contributed by atoms with van der Waals surface area (Å²) < 4.78 is 58.1. The maximum absolute atomic E-state index is 14.4. The molecule has 4 aromatic rings. The van der Waals surface area contributed by atoms with Crippen LogP contribution in [0, 0.1) is 31.4 Å². The number of nitrogens with zero attached hydrogens (tertiary/aromatic N) is 5. The number of thiazole rings is 1. The van der Waals surface area contributed by atoms with Gasteiger partial charge in [0.25, 0.3) is 10.0 Å². The summed E-state index contributed by atoms with van der Waals surface area (Å²) >= 11 is 2.17. The highest BCUT2D eigenvalue weighted by Gasteiger charge is 2.36. The number of halogens is 2. The van der Waals surface area contributed by atoms with Gasteiger partial charge in [0.05, 0.1) is 22.9 Å². The number of sulfonamides is 1. The average Bonchev–Trinajstić information content (AvgIpc) is 3.60. The van der Waals surface area contributed by atoms with Gasteiger partial charge in [0.2, 0.25) is 5.91 Å². The quantitative estimate of drug-likeness (QED) is 0.327. The summed E-state index contributed by atoms with van der Waals surface area (Å²) in [5, 5.41) is 6.40. The highest BCUT2D eigenvalue weighted by atomic mass is 32.2. The Hall–Kier alpha value is -2.74. The van der Waals surface area contributed by atoms with Crippen molar-refractivity contribution in [3.05, 3.63) is 58.7 Å². The second-order valence-electron chi connectivity index (χ2n) is 9.01. The predicted octanol–water partition coefficient (Wildman–Crippen LogP) is 4.58. The molecule has 1 aliphatic heterocycles. The number of carbonyl (C=O) groups is 1. The number of piperidine rings is 1. The van der Waals surface area contributed by atoms with Gasteiger partial charge in [-0.3, -0.25) is 14.4 Å². The van der Waals surface area contributed by atoms with Crippen LogP contribution in [0.4, 0.5) is 13.9 Å². The third-order valence-corrected chi connectivity index (χ3v) is 10.6. The molecule has 0 aliphatic carbocycles.